The molecule has 3 saturated carbocycles. The Morgan fingerprint density at radius 2 is 2.05 bits per heavy atom. The summed E-state index contributed by atoms with van der Waals surface area (Å²) < 4.78 is 2.15. The molecular formula is C16H24N4O2. The highest BCUT2D eigenvalue weighted by Crippen LogP contribution is 2.53. The predicted molar refractivity (Wildman–Crippen MR) is 81.7 cm³/mol. The molecule has 1 amide bonds. The Balaban J connectivity index is 1.46. The van der Waals surface area contributed by atoms with Crippen LogP contribution < -0.4 is 10.6 Å². The average molecular weight is 304 g/mol. The standard InChI is InChI=1S/C16H24N4O2/c21-14(22)18-16-5-2-15(3-6-16,4-7-16)11-20-10-12-9-17-8-1-13(12)19-20/h10,17-18H,1-9,11H2,(H,21,22). The van der Waals surface area contributed by atoms with Crippen molar-refractivity contribution in [1.29, 1.82) is 0 Å². The third kappa shape index (κ3) is 2.39. The SMILES string of the molecule is O=C(O)NC12CCC(Cn3cc4c(n3)CCNC4)(CC1)CC2. The van der Waals surface area contributed by atoms with E-state index in [9.17, 15) is 4.79 Å². The van der Waals surface area contributed by atoms with Gasteiger partial charge in [-0.05, 0) is 43.9 Å². The van der Waals surface area contributed by atoms with Crippen LogP contribution in [-0.4, -0.2) is 33.1 Å². The topological polar surface area (TPSA) is 79.2 Å². The number of nitrogens with one attached hydrogen (secondary N) is 2. The lowest BCUT2D eigenvalue weighted by atomic mass is 9.57. The van der Waals surface area contributed by atoms with E-state index in [-0.39, 0.29) is 5.54 Å². The summed E-state index contributed by atoms with van der Waals surface area (Å²) in [4.78, 5) is 11.0. The minimum atomic E-state index is -0.873. The Kier molecular flexibility index (Phi) is 3.18. The Morgan fingerprint density at radius 1 is 1.32 bits per heavy atom. The fourth-order valence-corrected chi connectivity index (χ4v) is 4.63. The summed E-state index contributed by atoms with van der Waals surface area (Å²) in [6.45, 7) is 2.95. The molecule has 1 aliphatic heterocycles. The molecule has 120 valence electrons. The lowest BCUT2D eigenvalue weighted by molar-refractivity contribution is 0.0100. The van der Waals surface area contributed by atoms with Crippen LogP contribution in [0.5, 0.6) is 0 Å². The lowest BCUT2D eigenvalue weighted by Crippen LogP contribution is -2.57. The van der Waals surface area contributed by atoms with Gasteiger partial charge in [0.25, 0.3) is 0 Å². The number of hydrogen-bond donors (Lipinski definition) is 3. The summed E-state index contributed by atoms with van der Waals surface area (Å²) in [5.74, 6) is 0. The molecular weight excluding hydrogens is 280 g/mol. The third-order valence-electron chi connectivity index (χ3n) is 6.05. The smallest absolute Gasteiger partial charge is 0.405 e. The van der Waals surface area contributed by atoms with Gasteiger partial charge in [-0.1, -0.05) is 0 Å². The highest BCUT2D eigenvalue weighted by atomic mass is 16.4. The number of rotatable bonds is 3. The highest BCUT2D eigenvalue weighted by Gasteiger charge is 2.49. The molecule has 6 nitrogen and oxygen atoms in total. The molecule has 0 aromatic carbocycles. The van der Waals surface area contributed by atoms with Crippen LogP contribution >= 0.6 is 0 Å². The minimum Gasteiger partial charge on any atom is -0.465 e. The summed E-state index contributed by atoms with van der Waals surface area (Å²) in [7, 11) is 0. The first-order chi connectivity index (χ1) is 10.6. The van der Waals surface area contributed by atoms with Crippen molar-refractivity contribution in [1.82, 2.24) is 20.4 Å². The van der Waals surface area contributed by atoms with Crippen molar-refractivity contribution < 1.29 is 9.90 Å². The highest BCUT2D eigenvalue weighted by molar-refractivity contribution is 5.65. The van der Waals surface area contributed by atoms with Gasteiger partial charge < -0.3 is 15.7 Å². The zero-order valence-corrected chi connectivity index (χ0v) is 12.9. The van der Waals surface area contributed by atoms with Crippen molar-refractivity contribution in [2.24, 2.45) is 5.41 Å². The van der Waals surface area contributed by atoms with E-state index in [1.807, 2.05) is 0 Å². The fourth-order valence-electron chi connectivity index (χ4n) is 4.63. The summed E-state index contributed by atoms with van der Waals surface area (Å²) in [6.07, 6.45) is 8.61. The van der Waals surface area contributed by atoms with E-state index < -0.39 is 6.09 Å². The van der Waals surface area contributed by atoms with Gasteiger partial charge in [0.15, 0.2) is 0 Å². The van der Waals surface area contributed by atoms with E-state index in [1.165, 1.54) is 11.3 Å². The molecule has 3 fully saturated rings. The largest absolute Gasteiger partial charge is 0.465 e. The maximum Gasteiger partial charge on any atom is 0.405 e. The van der Waals surface area contributed by atoms with E-state index >= 15 is 0 Å². The van der Waals surface area contributed by atoms with Crippen molar-refractivity contribution in [2.45, 2.75) is 63.6 Å². The molecule has 3 N–H and O–H groups in total. The Morgan fingerprint density at radius 3 is 2.68 bits per heavy atom. The molecule has 22 heavy (non-hydrogen) atoms. The second-order valence-corrected chi connectivity index (χ2v) is 7.44. The molecule has 5 rings (SSSR count). The van der Waals surface area contributed by atoms with Crippen LogP contribution in [0.3, 0.4) is 0 Å². The van der Waals surface area contributed by atoms with E-state index in [0.717, 1.165) is 64.6 Å². The summed E-state index contributed by atoms with van der Waals surface area (Å²) in [5, 5.41) is 20.0. The summed E-state index contributed by atoms with van der Waals surface area (Å²) in [5.41, 5.74) is 2.77. The van der Waals surface area contributed by atoms with E-state index in [0.29, 0.717) is 5.41 Å². The van der Waals surface area contributed by atoms with Crippen molar-refractivity contribution >= 4 is 6.09 Å². The van der Waals surface area contributed by atoms with Gasteiger partial charge in [-0.3, -0.25) is 4.68 Å². The van der Waals surface area contributed by atoms with Gasteiger partial charge in [0, 0.05) is 43.4 Å². The van der Waals surface area contributed by atoms with Crippen LogP contribution in [0.4, 0.5) is 4.79 Å². The molecule has 2 bridgehead atoms. The van der Waals surface area contributed by atoms with Gasteiger partial charge >= 0.3 is 6.09 Å². The molecule has 4 aliphatic rings. The van der Waals surface area contributed by atoms with Crippen molar-refractivity contribution in [3.05, 3.63) is 17.5 Å². The first kappa shape index (κ1) is 14.1. The zero-order chi connectivity index (χ0) is 15.2. The molecule has 3 aliphatic carbocycles. The molecule has 1 aromatic rings. The Hall–Kier alpha value is -1.56. The van der Waals surface area contributed by atoms with Crippen LogP contribution in [0.25, 0.3) is 0 Å². The van der Waals surface area contributed by atoms with Crippen molar-refractivity contribution in [2.75, 3.05) is 6.54 Å². The second kappa shape index (κ2) is 4.98. The molecule has 2 heterocycles. The van der Waals surface area contributed by atoms with Crippen LogP contribution in [0.1, 0.15) is 49.8 Å². The third-order valence-corrected chi connectivity index (χ3v) is 6.05. The number of hydrogen-bond acceptors (Lipinski definition) is 3. The maximum atomic E-state index is 11.0. The number of amides is 1. The summed E-state index contributed by atoms with van der Waals surface area (Å²) >= 11 is 0. The Labute approximate surface area is 130 Å². The number of carbonyl (C=O) groups is 1. The number of fused-ring (bicyclic) bond motifs is 4. The minimum absolute atomic E-state index is 0.152. The summed E-state index contributed by atoms with van der Waals surface area (Å²) in [6, 6.07) is 0. The van der Waals surface area contributed by atoms with Gasteiger partial charge in [0.1, 0.15) is 0 Å². The lowest BCUT2D eigenvalue weighted by Gasteiger charge is -2.53. The fraction of sp³-hybridized carbons (Fsp3) is 0.750. The molecule has 1 aromatic heterocycles. The van der Waals surface area contributed by atoms with Gasteiger partial charge in [0.05, 0.1) is 5.69 Å². The van der Waals surface area contributed by atoms with Crippen LogP contribution in [0, 0.1) is 5.41 Å². The first-order valence-corrected chi connectivity index (χ1v) is 8.35. The maximum absolute atomic E-state index is 11.0. The van der Waals surface area contributed by atoms with Gasteiger partial charge in [0.2, 0.25) is 0 Å². The van der Waals surface area contributed by atoms with Crippen LogP contribution in [0.15, 0.2) is 6.20 Å². The van der Waals surface area contributed by atoms with E-state index in [4.69, 9.17) is 10.2 Å². The van der Waals surface area contributed by atoms with Crippen LogP contribution in [0.2, 0.25) is 0 Å². The van der Waals surface area contributed by atoms with Gasteiger partial charge in [-0.25, -0.2) is 4.79 Å². The Bertz CT molecular complexity index is 547. The molecule has 6 heteroatoms. The second-order valence-electron chi connectivity index (χ2n) is 7.44. The van der Waals surface area contributed by atoms with Crippen LogP contribution in [-0.2, 0) is 19.5 Å². The predicted octanol–water partition coefficient (Wildman–Crippen LogP) is 1.89. The average Bonchev–Trinajstić information content (AvgIpc) is 2.90. The van der Waals surface area contributed by atoms with E-state index in [1.54, 1.807) is 0 Å². The molecule has 0 atom stereocenters. The molecule has 0 radical (unpaired) electrons. The monoisotopic (exact) mass is 304 g/mol. The quantitative estimate of drug-likeness (QED) is 0.797. The van der Waals surface area contributed by atoms with Gasteiger partial charge in [-0.15, -0.1) is 0 Å². The number of aromatic nitrogens is 2. The van der Waals surface area contributed by atoms with Crippen molar-refractivity contribution in [3.63, 3.8) is 0 Å². The number of nitrogens with zero attached hydrogens (tertiary/aromatic N) is 2. The molecule has 0 saturated heterocycles. The number of carboxylic acid groups (broad SMARTS) is 1. The first-order valence-electron chi connectivity index (χ1n) is 8.35. The molecule has 0 spiro atoms. The zero-order valence-electron chi connectivity index (χ0n) is 12.9. The normalized spacial score (nSPS) is 33.5. The van der Waals surface area contributed by atoms with E-state index in [2.05, 4.69) is 21.5 Å². The van der Waals surface area contributed by atoms with Crippen molar-refractivity contribution in [3.8, 4) is 0 Å². The molecule has 0 unspecified atom stereocenters. The van der Waals surface area contributed by atoms with Gasteiger partial charge in [-0.2, -0.15) is 5.10 Å².